The normalized spacial score (nSPS) is 9.90. The third-order valence-corrected chi connectivity index (χ3v) is 2.84. The zero-order valence-electron chi connectivity index (χ0n) is 11.3. The van der Waals surface area contributed by atoms with Gasteiger partial charge in [-0.25, -0.2) is 0 Å². The number of carbonyl (C=O) groups is 1. The van der Waals surface area contributed by atoms with Gasteiger partial charge in [-0.1, -0.05) is 18.2 Å². The molecule has 0 aliphatic rings. The fourth-order valence-electron chi connectivity index (χ4n) is 1.81. The van der Waals surface area contributed by atoms with E-state index in [1.54, 1.807) is 36.4 Å². The molecule has 0 heterocycles. The summed E-state index contributed by atoms with van der Waals surface area (Å²) >= 11 is 0. The summed E-state index contributed by atoms with van der Waals surface area (Å²) < 4.78 is 10.3. The van der Waals surface area contributed by atoms with E-state index in [-0.39, 0.29) is 5.91 Å². The van der Waals surface area contributed by atoms with Gasteiger partial charge >= 0.3 is 0 Å². The highest BCUT2D eigenvalue weighted by atomic mass is 16.5. The van der Waals surface area contributed by atoms with Crippen LogP contribution in [0.4, 0.5) is 11.4 Å². The zero-order chi connectivity index (χ0) is 14.5. The molecule has 2 rings (SSSR count). The van der Waals surface area contributed by atoms with Gasteiger partial charge in [-0.2, -0.15) is 0 Å². The molecular weight excluding hydrogens is 256 g/mol. The molecule has 0 unspecified atom stereocenters. The SMILES string of the molecule is COc1cc(OC)c(NC(=O)c2ccccc2)cc1N. The molecule has 0 fully saturated rings. The van der Waals surface area contributed by atoms with Crippen molar-refractivity contribution in [1.29, 1.82) is 0 Å². The molecule has 0 atom stereocenters. The van der Waals surface area contributed by atoms with Gasteiger partial charge in [0.05, 0.1) is 25.6 Å². The number of anilines is 2. The Morgan fingerprint density at radius 2 is 1.70 bits per heavy atom. The third-order valence-electron chi connectivity index (χ3n) is 2.84. The van der Waals surface area contributed by atoms with Crippen LogP contribution in [0.2, 0.25) is 0 Å². The first-order valence-corrected chi connectivity index (χ1v) is 6.03. The molecule has 104 valence electrons. The molecule has 0 bridgehead atoms. The van der Waals surface area contributed by atoms with Gasteiger partial charge in [0.25, 0.3) is 5.91 Å². The average Bonchev–Trinajstić information content (AvgIpc) is 2.48. The van der Waals surface area contributed by atoms with Crippen LogP contribution in [0, 0.1) is 0 Å². The lowest BCUT2D eigenvalue weighted by Gasteiger charge is -2.13. The fraction of sp³-hybridized carbons (Fsp3) is 0.133. The second-order valence-corrected chi connectivity index (χ2v) is 4.11. The van der Waals surface area contributed by atoms with Crippen LogP contribution in [-0.4, -0.2) is 20.1 Å². The highest BCUT2D eigenvalue weighted by molar-refractivity contribution is 6.05. The number of benzene rings is 2. The molecule has 3 N–H and O–H groups in total. The van der Waals surface area contributed by atoms with Gasteiger partial charge in [0.15, 0.2) is 0 Å². The number of ether oxygens (including phenoxy) is 2. The summed E-state index contributed by atoms with van der Waals surface area (Å²) in [6.45, 7) is 0. The molecule has 0 saturated carbocycles. The maximum atomic E-state index is 12.1. The molecular formula is C15H16N2O3. The number of methoxy groups -OCH3 is 2. The van der Waals surface area contributed by atoms with Crippen LogP contribution in [0.3, 0.4) is 0 Å². The number of nitrogens with two attached hydrogens (primary N) is 1. The van der Waals surface area contributed by atoms with Crippen LogP contribution in [0.25, 0.3) is 0 Å². The van der Waals surface area contributed by atoms with Crippen molar-refractivity contribution in [3.05, 3.63) is 48.0 Å². The summed E-state index contributed by atoms with van der Waals surface area (Å²) in [6, 6.07) is 12.2. The molecule has 0 aromatic heterocycles. The van der Waals surface area contributed by atoms with Gasteiger partial charge in [-0.3, -0.25) is 4.79 Å². The number of amides is 1. The van der Waals surface area contributed by atoms with Gasteiger partial charge < -0.3 is 20.5 Å². The summed E-state index contributed by atoms with van der Waals surface area (Å²) in [5.74, 6) is 0.758. The second-order valence-electron chi connectivity index (χ2n) is 4.11. The Hall–Kier alpha value is -2.69. The highest BCUT2D eigenvalue weighted by Gasteiger charge is 2.12. The lowest BCUT2D eigenvalue weighted by molar-refractivity contribution is 0.102. The van der Waals surface area contributed by atoms with Crippen molar-refractivity contribution < 1.29 is 14.3 Å². The molecule has 0 saturated heterocycles. The van der Waals surface area contributed by atoms with Crippen molar-refractivity contribution in [2.24, 2.45) is 0 Å². The molecule has 0 aliphatic carbocycles. The van der Waals surface area contributed by atoms with Crippen molar-refractivity contribution in [1.82, 2.24) is 0 Å². The van der Waals surface area contributed by atoms with Crippen molar-refractivity contribution in [2.45, 2.75) is 0 Å². The maximum Gasteiger partial charge on any atom is 0.255 e. The number of rotatable bonds is 4. The molecule has 5 nitrogen and oxygen atoms in total. The van der Waals surface area contributed by atoms with E-state index >= 15 is 0 Å². The summed E-state index contributed by atoms with van der Waals surface area (Å²) in [5, 5.41) is 2.77. The van der Waals surface area contributed by atoms with E-state index in [2.05, 4.69) is 5.32 Å². The van der Waals surface area contributed by atoms with Crippen LogP contribution < -0.4 is 20.5 Å². The molecule has 0 aliphatic heterocycles. The number of nitrogen functional groups attached to an aromatic ring is 1. The number of nitrogens with one attached hydrogen (secondary N) is 1. The zero-order valence-corrected chi connectivity index (χ0v) is 11.3. The van der Waals surface area contributed by atoms with Gasteiger partial charge in [0, 0.05) is 11.6 Å². The third kappa shape index (κ3) is 2.83. The Morgan fingerprint density at radius 3 is 2.30 bits per heavy atom. The van der Waals surface area contributed by atoms with E-state index in [1.807, 2.05) is 6.07 Å². The lowest BCUT2D eigenvalue weighted by Crippen LogP contribution is -2.13. The maximum absolute atomic E-state index is 12.1. The van der Waals surface area contributed by atoms with Crippen molar-refractivity contribution in [2.75, 3.05) is 25.3 Å². The summed E-state index contributed by atoms with van der Waals surface area (Å²) in [6.07, 6.45) is 0. The molecule has 0 radical (unpaired) electrons. The Bertz CT molecular complexity index is 612. The Morgan fingerprint density at radius 1 is 1.05 bits per heavy atom. The molecule has 2 aromatic carbocycles. The van der Waals surface area contributed by atoms with Gasteiger partial charge in [0.1, 0.15) is 11.5 Å². The predicted octanol–water partition coefficient (Wildman–Crippen LogP) is 2.54. The topological polar surface area (TPSA) is 73.6 Å². The van der Waals surface area contributed by atoms with E-state index in [0.29, 0.717) is 28.4 Å². The van der Waals surface area contributed by atoms with E-state index in [0.717, 1.165) is 0 Å². The summed E-state index contributed by atoms with van der Waals surface area (Å²) in [4.78, 5) is 12.1. The van der Waals surface area contributed by atoms with Gasteiger partial charge in [0.2, 0.25) is 0 Å². The minimum Gasteiger partial charge on any atom is -0.494 e. The average molecular weight is 272 g/mol. The molecule has 2 aromatic rings. The van der Waals surface area contributed by atoms with Gasteiger partial charge in [-0.15, -0.1) is 0 Å². The van der Waals surface area contributed by atoms with Crippen molar-refractivity contribution in [3.8, 4) is 11.5 Å². The first-order chi connectivity index (χ1) is 9.65. The Labute approximate surface area is 117 Å². The second kappa shape index (κ2) is 5.97. The lowest BCUT2D eigenvalue weighted by atomic mass is 10.2. The molecule has 20 heavy (non-hydrogen) atoms. The van der Waals surface area contributed by atoms with Gasteiger partial charge in [-0.05, 0) is 18.2 Å². The Balaban J connectivity index is 2.29. The van der Waals surface area contributed by atoms with Crippen LogP contribution in [0.15, 0.2) is 42.5 Å². The van der Waals surface area contributed by atoms with Crippen LogP contribution >= 0.6 is 0 Å². The highest BCUT2D eigenvalue weighted by Crippen LogP contribution is 2.34. The summed E-state index contributed by atoms with van der Waals surface area (Å²) in [5.41, 5.74) is 7.32. The van der Waals surface area contributed by atoms with Crippen LogP contribution in [0.1, 0.15) is 10.4 Å². The van der Waals surface area contributed by atoms with Crippen molar-refractivity contribution in [3.63, 3.8) is 0 Å². The monoisotopic (exact) mass is 272 g/mol. The first-order valence-electron chi connectivity index (χ1n) is 6.03. The van der Waals surface area contributed by atoms with E-state index < -0.39 is 0 Å². The summed E-state index contributed by atoms with van der Waals surface area (Å²) in [7, 11) is 3.04. The number of hydrogen-bond acceptors (Lipinski definition) is 4. The number of hydrogen-bond donors (Lipinski definition) is 2. The molecule has 0 spiro atoms. The van der Waals surface area contributed by atoms with E-state index in [4.69, 9.17) is 15.2 Å². The van der Waals surface area contributed by atoms with Crippen molar-refractivity contribution >= 4 is 17.3 Å². The largest absolute Gasteiger partial charge is 0.494 e. The minimum atomic E-state index is -0.228. The molecule has 1 amide bonds. The number of carbonyl (C=O) groups excluding carboxylic acids is 1. The molecule has 5 heteroatoms. The van der Waals surface area contributed by atoms with Crippen LogP contribution in [0.5, 0.6) is 11.5 Å². The van der Waals surface area contributed by atoms with E-state index in [9.17, 15) is 4.79 Å². The van der Waals surface area contributed by atoms with E-state index in [1.165, 1.54) is 14.2 Å². The quantitative estimate of drug-likeness (QED) is 0.839. The fourth-order valence-corrected chi connectivity index (χ4v) is 1.81. The Kier molecular flexibility index (Phi) is 4.10. The first kappa shape index (κ1) is 13.7. The minimum absolute atomic E-state index is 0.228. The smallest absolute Gasteiger partial charge is 0.255 e. The van der Waals surface area contributed by atoms with Crippen LogP contribution in [-0.2, 0) is 0 Å². The predicted molar refractivity (Wildman–Crippen MR) is 78.4 cm³/mol. The standard InChI is InChI=1S/C15H16N2O3/c1-19-13-9-14(20-2)12(8-11(13)16)17-15(18)10-6-4-3-5-7-10/h3-9H,16H2,1-2H3,(H,17,18).